The van der Waals surface area contributed by atoms with Crippen LogP contribution in [0.15, 0.2) is 70.2 Å². The molecule has 0 radical (unpaired) electrons. The normalized spacial score (nSPS) is 11.7. The van der Waals surface area contributed by atoms with E-state index in [4.69, 9.17) is 27.6 Å². The van der Waals surface area contributed by atoms with Gasteiger partial charge in [0.25, 0.3) is 20.0 Å². The fourth-order valence-electron chi connectivity index (χ4n) is 2.46. The van der Waals surface area contributed by atoms with Crippen LogP contribution in [0, 0.1) is 0 Å². The lowest BCUT2D eigenvalue weighted by molar-refractivity contribution is 0.445. The lowest BCUT2D eigenvalue weighted by atomic mass is 10.2. The van der Waals surface area contributed by atoms with Crippen LogP contribution < -0.4 is 9.44 Å². The summed E-state index contributed by atoms with van der Waals surface area (Å²) in [6, 6.07) is 7.80. The second kappa shape index (κ2) is 8.75. The number of aromatic nitrogens is 1. The monoisotopic (exact) mass is 499 g/mol. The van der Waals surface area contributed by atoms with Crippen molar-refractivity contribution in [2.24, 2.45) is 0 Å². The molecule has 8 nitrogen and oxygen atoms in total. The topological polar surface area (TPSA) is 118 Å². The predicted octanol–water partition coefficient (Wildman–Crippen LogP) is 4.87. The fourth-order valence-corrected chi connectivity index (χ4v) is 4.80. The first-order chi connectivity index (χ1) is 14.6. The average molecular weight is 500 g/mol. The summed E-state index contributed by atoms with van der Waals surface area (Å²) in [6.45, 7) is 7.14. The molecule has 0 aliphatic heterocycles. The summed E-state index contributed by atoms with van der Waals surface area (Å²) < 4.78 is 60.9. The maximum Gasteiger partial charge on any atom is 0.295 e. The molecule has 0 aliphatic rings. The van der Waals surface area contributed by atoms with Crippen molar-refractivity contribution >= 4 is 66.8 Å². The minimum Gasteiger partial charge on any atom is -0.443 e. The van der Waals surface area contributed by atoms with E-state index in [0.717, 1.165) is 6.20 Å². The average Bonchev–Trinajstić information content (AvgIpc) is 3.14. The van der Waals surface area contributed by atoms with Crippen molar-refractivity contribution in [3.05, 3.63) is 77.3 Å². The highest BCUT2D eigenvalue weighted by Crippen LogP contribution is 2.31. The molecule has 2 heterocycles. The van der Waals surface area contributed by atoms with E-state index in [2.05, 4.69) is 27.6 Å². The molecule has 2 aromatic heterocycles. The third-order valence-electron chi connectivity index (χ3n) is 3.92. The van der Waals surface area contributed by atoms with Crippen molar-refractivity contribution in [3.63, 3.8) is 0 Å². The number of rotatable bonds is 8. The molecule has 0 fully saturated rings. The zero-order valence-electron chi connectivity index (χ0n) is 15.7. The molecular weight excluding hydrogens is 485 g/mol. The Labute approximate surface area is 189 Å². The zero-order chi connectivity index (χ0) is 22.8. The molecule has 0 saturated carbocycles. The van der Waals surface area contributed by atoms with Crippen LogP contribution in [0.25, 0.3) is 12.2 Å². The minimum atomic E-state index is -4.24. The number of hydrogen-bond acceptors (Lipinski definition) is 6. The molecule has 0 spiro atoms. The van der Waals surface area contributed by atoms with Crippen molar-refractivity contribution in [3.8, 4) is 0 Å². The third kappa shape index (κ3) is 5.10. The standard InChI is InChI=1S/C19H15Cl2N3O5S2/c1-3-12-9-19(29-17(12)4-2)31(27,28)24-16-10-13(20)5-7-15(16)23-30(25,26)14-6-8-18(21)22-11-14/h3-11,23-24H,1-2H2. The molecule has 31 heavy (non-hydrogen) atoms. The van der Waals surface area contributed by atoms with Crippen LogP contribution in [0.2, 0.25) is 10.2 Å². The molecule has 0 atom stereocenters. The molecule has 162 valence electrons. The van der Waals surface area contributed by atoms with Crippen LogP contribution in [-0.4, -0.2) is 21.8 Å². The van der Waals surface area contributed by atoms with Gasteiger partial charge in [-0.2, -0.15) is 8.42 Å². The number of furan rings is 1. The summed E-state index contributed by atoms with van der Waals surface area (Å²) in [7, 11) is -8.33. The van der Waals surface area contributed by atoms with E-state index in [-0.39, 0.29) is 32.2 Å². The van der Waals surface area contributed by atoms with Gasteiger partial charge in [0.1, 0.15) is 15.8 Å². The van der Waals surface area contributed by atoms with E-state index in [1.54, 1.807) is 0 Å². The largest absolute Gasteiger partial charge is 0.443 e. The van der Waals surface area contributed by atoms with Crippen LogP contribution in [0.1, 0.15) is 11.3 Å². The summed E-state index contributed by atoms with van der Waals surface area (Å²) in [5, 5.41) is -0.116. The van der Waals surface area contributed by atoms with Gasteiger partial charge in [0.05, 0.1) is 11.4 Å². The van der Waals surface area contributed by atoms with Crippen LogP contribution in [0.4, 0.5) is 11.4 Å². The van der Waals surface area contributed by atoms with Gasteiger partial charge in [-0.3, -0.25) is 9.44 Å². The number of nitrogens with zero attached hydrogens (tertiary/aromatic N) is 1. The van der Waals surface area contributed by atoms with Crippen molar-refractivity contribution < 1.29 is 21.3 Å². The molecule has 0 unspecified atom stereocenters. The van der Waals surface area contributed by atoms with E-state index in [9.17, 15) is 16.8 Å². The van der Waals surface area contributed by atoms with Crippen molar-refractivity contribution in [1.82, 2.24) is 4.98 Å². The SMILES string of the molecule is C=Cc1cc(S(=O)(=O)Nc2cc(Cl)ccc2NS(=O)(=O)c2ccc(Cl)nc2)oc1C=C. The molecular formula is C19H15Cl2N3O5S2. The molecule has 0 bridgehead atoms. The number of halogens is 2. The van der Waals surface area contributed by atoms with E-state index >= 15 is 0 Å². The van der Waals surface area contributed by atoms with Gasteiger partial charge in [0.2, 0.25) is 5.09 Å². The summed E-state index contributed by atoms with van der Waals surface area (Å²) in [6.07, 6.45) is 3.83. The van der Waals surface area contributed by atoms with E-state index in [1.165, 1.54) is 48.6 Å². The number of hydrogen-bond donors (Lipinski definition) is 2. The second-order valence-corrected chi connectivity index (χ2v) is 10.1. The van der Waals surface area contributed by atoms with Gasteiger partial charge in [-0.15, -0.1) is 0 Å². The number of anilines is 2. The van der Waals surface area contributed by atoms with E-state index in [1.807, 2.05) is 0 Å². The molecule has 3 rings (SSSR count). The fraction of sp³-hybridized carbons (Fsp3) is 0. The van der Waals surface area contributed by atoms with Crippen LogP contribution in [-0.2, 0) is 20.0 Å². The number of sulfonamides is 2. The van der Waals surface area contributed by atoms with Crippen molar-refractivity contribution in [2.45, 2.75) is 9.99 Å². The molecule has 12 heteroatoms. The number of pyridine rings is 1. The Morgan fingerprint density at radius 3 is 2.19 bits per heavy atom. The molecule has 0 aliphatic carbocycles. The van der Waals surface area contributed by atoms with Crippen molar-refractivity contribution in [2.75, 3.05) is 9.44 Å². The van der Waals surface area contributed by atoms with Crippen LogP contribution >= 0.6 is 23.2 Å². The lowest BCUT2D eigenvalue weighted by Crippen LogP contribution is -2.17. The van der Waals surface area contributed by atoms with Gasteiger partial charge in [0, 0.05) is 22.8 Å². The zero-order valence-corrected chi connectivity index (χ0v) is 18.8. The van der Waals surface area contributed by atoms with Gasteiger partial charge >= 0.3 is 0 Å². The van der Waals surface area contributed by atoms with Gasteiger partial charge in [-0.1, -0.05) is 42.4 Å². The van der Waals surface area contributed by atoms with Crippen molar-refractivity contribution in [1.29, 1.82) is 0 Å². The summed E-state index contributed by atoms with van der Waals surface area (Å²) in [5.74, 6) is 0.220. The molecule has 0 saturated heterocycles. The Morgan fingerprint density at radius 2 is 1.61 bits per heavy atom. The lowest BCUT2D eigenvalue weighted by Gasteiger charge is -2.14. The Balaban J connectivity index is 1.98. The molecule has 2 N–H and O–H groups in total. The highest BCUT2D eigenvalue weighted by molar-refractivity contribution is 7.93. The van der Waals surface area contributed by atoms with Crippen LogP contribution in [0.5, 0.6) is 0 Å². The Bertz CT molecular complexity index is 1340. The van der Waals surface area contributed by atoms with Gasteiger partial charge in [-0.25, -0.2) is 13.4 Å². The molecule has 0 amide bonds. The van der Waals surface area contributed by atoms with E-state index in [0.29, 0.717) is 5.56 Å². The van der Waals surface area contributed by atoms with Gasteiger partial charge in [-0.05, 0) is 36.4 Å². The second-order valence-electron chi connectivity index (χ2n) is 6.01. The Kier molecular flexibility index (Phi) is 6.46. The third-order valence-corrected chi connectivity index (χ3v) is 6.95. The van der Waals surface area contributed by atoms with E-state index < -0.39 is 25.1 Å². The van der Waals surface area contributed by atoms with Crippen LogP contribution in [0.3, 0.4) is 0 Å². The summed E-state index contributed by atoms with van der Waals surface area (Å²) in [4.78, 5) is 3.57. The number of benzene rings is 1. The quantitative estimate of drug-likeness (QED) is 0.426. The number of nitrogens with one attached hydrogen (secondary N) is 2. The Hall–Kier alpha value is -2.79. The first-order valence-corrected chi connectivity index (χ1v) is 12.1. The van der Waals surface area contributed by atoms with Gasteiger partial charge < -0.3 is 4.42 Å². The highest BCUT2D eigenvalue weighted by atomic mass is 35.5. The highest BCUT2D eigenvalue weighted by Gasteiger charge is 2.24. The maximum atomic E-state index is 12.8. The Morgan fingerprint density at radius 1 is 0.903 bits per heavy atom. The minimum absolute atomic E-state index is 0.0673. The predicted molar refractivity (Wildman–Crippen MR) is 121 cm³/mol. The maximum absolute atomic E-state index is 12.8. The van der Waals surface area contributed by atoms with Gasteiger partial charge in [0.15, 0.2) is 0 Å². The first kappa shape index (κ1) is 22.9. The smallest absolute Gasteiger partial charge is 0.295 e. The molecule has 1 aromatic carbocycles. The summed E-state index contributed by atoms with van der Waals surface area (Å²) >= 11 is 11.7. The summed E-state index contributed by atoms with van der Waals surface area (Å²) in [5.41, 5.74) is 0.245. The first-order valence-electron chi connectivity index (χ1n) is 8.41. The molecule has 3 aromatic rings.